The van der Waals surface area contributed by atoms with Gasteiger partial charge in [-0.3, -0.25) is 14.4 Å². The van der Waals surface area contributed by atoms with Gasteiger partial charge >= 0.3 is 0 Å². The molecule has 0 fully saturated rings. The first kappa shape index (κ1) is 17.9. The molecular weight excluding hydrogens is 380 g/mol. The Morgan fingerprint density at radius 2 is 2.21 bits per heavy atom. The van der Waals surface area contributed by atoms with Gasteiger partial charge in [-0.2, -0.15) is 10.4 Å². The molecule has 1 amide bonds. The standard InChI is InChI=1S/C19H15ClN6O2/c1-12-10-25(18-13(8-21)3-2-6-22-18)19(27)16-7-15(24-26(12)16)11-28-17-5-4-14(20)9-23-17/h2-7,9,12H,10-11H2,1H3/t12-/m1/s1. The lowest BCUT2D eigenvalue weighted by Gasteiger charge is -2.31. The molecule has 3 aromatic rings. The van der Waals surface area contributed by atoms with Crippen LogP contribution in [-0.2, 0) is 6.61 Å². The van der Waals surface area contributed by atoms with E-state index in [0.29, 0.717) is 40.2 Å². The molecule has 0 N–H and O–H groups in total. The Morgan fingerprint density at radius 3 is 2.96 bits per heavy atom. The summed E-state index contributed by atoms with van der Waals surface area (Å²) in [6.45, 7) is 2.50. The van der Waals surface area contributed by atoms with Crippen molar-refractivity contribution in [2.24, 2.45) is 0 Å². The summed E-state index contributed by atoms with van der Waals surface area (Å²) in [6.07, 6.45) is 3.07. The maximum absolute atomic E-state index is 13.0. The van der Waals surface area contributed by atoms with E-state index < -0.39 is 0 Å². The maximum Gasteiger partial charge on any atom is 0.277 e. The van der Waals surface area contributed by atoms with Gasteiger partial charge in [-0.1, -0.05) is 11.6 Å². The molecule has 0 aromatic carbocycles. The number of halogens is 1. The second-order valence-electron chi connectivity index (χ2n) is 6.32. The largest absolute Gasteiger partial charge is 0.471 e. The van der Waals surface area contributed by atoms with E-state index in [1.807, 2.05) is 6.92 Å². The summed E-state index contributed by atoms with van der Waals surface area (Å²) in [5.41, 5.74) is 1.39. The summed E-state index contributed by atoms with van der Waals surface area (Å²) in [6, 6.07) is 10.4. The Kier molecular flexibility index (Phi) is 4.67. The average molecular weight is 395 g/mol. The molecule has 0 spiro atoms. The number of anilines is 1. The molecule has 0 unspecified atom stereocenters. The van der Waals surface area contributed by atoms with E-state index >= 15 is 0 Å². The first-order chi connectivity index (χ1) is 13.6. The van der Waals surface area contributed by atoms with Crippen LogP contribution in [0.2, 0.25) is 5.02 Å². The third-order valence-corrected chi connectivity index (χ3v) is 4.57. The molecule has 8 nitrogen and oxygen atoms in total. The highest BCUT2D eigenvalue weighted by molar-refractivity contribution is 6.30. The highest BCUT2D eigenvalue weighted by atomic mass is 35.5. The zero-order valence-electron chi connectivity index (χ0n) is 14.9. The zero-order valence-corrected chi connectivity index (χ0v) is 15.7. The molecule has 3 aromatic heterocycles. The van der Waals surface area contributed by atoms with Crippen molar-refractivity contribution in [3.8, 4) is 11.9 Å². The molecule has 0 saturated heterocycles. The molecular formula is C19H15ClN6O2. The van der Waals surface area contributed by atoms with Gasteiger partial charge in [-0.15, -0.1) is 0 Å². The van der Waals surface area contributed by atoms with Gasteiger partial charge in [0.2, 0.25) is 5.88 Å². The van der Waals surface area contributed by atoms with Crippen LogP contribution < -0.4 is 9.64 Å². The number of rotatable bonds is 4. The van der Waals surface area contributed by atoms with Crippen molar-refractivity contribution in [3.05, 3.63) is 64.7 Å². The van der Waals surface area contributed by atoms with Gasteiger partial charge < -0.3 is 4.74 Å². The summed E-state index contributed by atoms with van der Waals surface area (Å²) >= 11 is 5.81. The number of amides is 1. The predicted octanol–water partition coefficient (Wildman–Crippen LogP) is 3.00. The van der Waals surface area contributed by atoms with Gasteiger partial charge in [0.05, 0.1) is 16.6 Å². The number of fused-ring (bicyclic) bond motifs is 1. The quantitative estimate of drug-likeness (QED) is 0.674. The van der Waals surface area contributed by atoms with Crippen molar-refractivity contribution in [2.45, 2.75) is 19.6 Å². The Morgan fingerprint density at radius 1 is 1.36 bits per heavy atom. The summed E-state index contributed by atoms with van der Waals surface area (Å²) in [4.78, 5) is 22.8. The molecule has 0 radical (unpaired) electrons. The number of carbonyl (C=O) groups is 1. The number of hydrogen-bond acceptors (Lipinski definition) is 6. The summed E-state index contributed by atoms with van der Waals surface area (Å²) < 4.78 is 7.30. The highest BCUT2D eigenvalue weighted by Gasteiger charge is 2.33. The fourth-order valence-electron chi connectivity index (χ4n) is 3.05. The van der Waals surface area contributed by atoms with Crippen LogP contribution >= 0.6 is 11.6 Å². The van der Waals surface area contributed by atoms with Gasteiger partial charge in [-0.05, 0) is 31.2 Å². The summed E-state index contributed by atoms with van der Waals surface area (Å²) in [7, 11) is 0. The number of hydrogen-bond donors (Lipinski definition) is 0. The van der Waals surface area contributed by atoms with Gasteiger partial charge in [0.1, 0.15) is 24.1 Å². The number of nitriles is 1. The minimum absolute atomic E-state index is 0.0799. The van der Waals surface area contributed by atoms with E-state index in [9.17, 15) is 10.1 Å². The van der Waals surface area contributed by atoms with Crippen molar-refractivity contribution < 1.29 is 9.53 Å². The van der Waals surface area contributed by atoms with E-state index in [2.05, 4.69) is 21.1 Å². The Hall–Kier alpha value is -3.44. The van der Waals surface area contributed by atoms with E-state index in [0.717, 1.165) is 0 Å². The number of aromatic nitrogens is 4. The van der Waals surface area contributed by atoms with Crippen molar-refractivity contribution in [1.82, 2.24) is 19.7 Å². The van der Waals surface area contributed by atoms with E-state index in [1.54, 1.807) is 41.2 Å². The SMILES string of the molecule is C[C@@H]1CN(c2ncccc2C#N)C(=O)c2cc(COc3ccc(Cl)cn3)nn21. The van der Waals surface area contributed by atoms with E-state index in [4.69, 9.17) is 16.3 Å². The monoisotopic (exact) mass is 394 g/mol. The molecule has 0 aliphatic carbocycles. The molecule has 1 aliphatic heterocycles. The molecule has 1 aliphatic rings. The second kappa shape index (κ2) is 7.29. The van der Waals surface area contributed by atoms with Crippen LogP contribution in [0.15, 0.2) is 42.7 Å². The lowest BCUT2D eigenvalue weighted by atomic mass is 10.1. The molecule has 0 saturated carbocycles. The molecule has 9 heteroatoms. The smallest absolute Gasteiger partial charge is 0.277 e. The normalized spacial score (nSPS) is 15.8. The predicted molar refractivity (Wildman–Crippen MR) is 101 cm³/mol. The fraction of sp³-hybridized carbons (Fsp3) is 0.211. The average Bonchev–Trinajstić information content (AvgIpc) is 3.15. The minimum atomic E-state index is -0.253. The molecule has 140 valence electrons. The van der Waals surface area contributed by atoms with Crippen molar-refractivity contribution in [2.75, 3.05) is 11.4 Å². The van der Waals surface area contributed by atoms with Crippen LogP contribution in [0.3, 0.4) is 0 Å². The lowest BCUT2D eigenvalue weighted by molar-refractivity contribution is 0.0952. The number of pyridine rings is 2. The highest BCUT2D eigenvalue weighted by Crippen LogP contribution is 2.27. The minimum Gasteiger partial charge on any atom is -0.471 e. The first-order valence-corrected chi connectivity index (χ1v) is 8.94. The number of ether oxygens (including phenoxy) is 1. The number of nitrogens with zero attached hydrogens (tertiary/aromatic N) is 6. The van der Waals surface area contributed by atoms with Crippen LogP contribution in [0.25, 0.3) is 0 Å². The summed E-state index contributed by atoms with van der Waals surface area (Å²) in [5.74, 6) is 0.526. The van der Waals surface area contributed by atoms with Gasteiger partial charge in [0.15, 0.2) is 5.82 Å². The Balaban J connectivity index is 1.58. The second-order valence-corrected chi connectivity index (χ2v) is 6.76. The van der Waals surface area contributed by atoms with Gasteiger partial charge in [0.25, 0.3) is 5.91 Å². The van der Waals surface area contributed by atoms with Crippen LogP contribution in [0.5, 0.6) is 5.88 Å². The Bertz CT molecular complexity index is 1070. The van der Waals surface area contributed by atoms with E-state index in [1.165, 1.54) is 11.1 Å². The molecule has 28 heavy (non-hydrogen) atoms. The van der Waals surface area contributed by atoms with Crippen LogP contribution in [0, 0.1) is 11.3 Å². The van der Waals surface area contributed by atoms with Crippen LogP contribution in [0.4, 0.5) is 5.82 Å². The molecule has 4 heterocycles. The maximum atomic E-state index is 13.0. The first-order valence-electron chi connectivity index (χ1n) is 8.56. The molecule has 1 atom stereocenters. The zero-order chi connectivity index (χ0) is 19.7. The van der Waals surface area contributed by atoms with E-state index in [-0.39, 0.29) is 18.6 Å². The van der Waals surface area contributed by atoms with Crippen LogP contribution in [0.1, 0.15) is 34.7 Å². The molecule has 4 rings (SSSR count). The van der Waals surface area contributed by atoms with Crippen molar-refractivity contribution >= 4 is 23.3 Å². The third-order valence-electron chi connectivity index (χ3n) is 4.35. The third kappa shape index (κ3) is 3.28. The van der Waals surface area contributed by atoms with Gasteiger partial charge in [0, 0.05) is 25.0 Å². The topological polar surface area (TPSA) is 96.9 Å². The number of carbonyl (C=O) groups excluding carboxylic acids is 1. The summed E-state index contributed by atoms with van der Waals surface area (Å²) in [5, 5.41) is 14.3. The van der Waals surface area contributed by atoms with Crippen LogP contribution in [-0.4, -0.2) is 32.2 Å². The van der Waals surface area contributed by atoms with Gasteiger partial charge in [-0.25, -0.2) is 9.97 Å². The lowest BCUT2D eigenvalue weighted by Crippen LogP contribution is -2.43. The Labute approximate surface area is 166 Å². The molecule has 0 bridgehead atoms. The fourth-order valence-corrected chi connectivity index (χ4v) is 3.16. The van der Waals surface area contributed by atoms with Crippen molar-refractivity contribution in [3.63, 3.8) is 0 Å². The van der Waals surface area contributed by atoms with Crippen molar-refractivity contribution in [1.29, 1.82) is 5.26 Å².